The number of hydrogen-bond acceptors (Lipinski definition) is 11. The summed E-state index contributed by atoms with van der Waals surface area (Å²) in [5, 5.41) is 27.1. The summed E-state index contributed by atoms with van der Waals surface area (Å²) in [4.78, 5) is 13.2. The summed E-state index contributed by atoms with van der Waals surface area (Å²) in [6.07, 6.45) is -1.91. The first-order valence-electron chi connectivity index (χ1n) is 13.0. The lowest BCUT2D eigenvalue weighted by molar-refractivity contribution is -0.0516. The minimum Gasteiger partial charge on any atom is -0.403 e. The van der Waals surface area contributed by atoms with Crippen molar-refractivity contribution < 1.29 is 33.1 Å². The quantitative estimate of drug-likeness (QED) is 0.248. The first-order valence-corrected chi connectivity index (χ1v) is 14.5. The molecule has 1 saturated heterocycles. The molecule has 7 rings (SSSR count). The number of aromatic nitrogens is 4. The van der Waals surface area contributed by atoms with Gasteiger partial charge in [-0.25, -0.2) is 19.5 Å². The normalized spacial score (nSPS) is 25.7. The molecule has 1 unspecified atom stereocenters. The second-order valence-electron chi connectivity index (χ2n) is 9.92. The number of para-hydroxylation sites is 1. The van der Waals surface area contributed by atoms with E-state index in [0.717, 1.165) is 27.6 Å². The van der Waals surface area contributed by atoms with Crippen LogP contribution in [0.15, 0.2) is 73.3 Å². The van der Waals surface area contributed by atoms with Gasteiger partial charge in [0.05, 0.1) is 19.5 Å². The minimum atomic E-state index is -3.97. The summed E-state index contributed by atoms with van der Waals surface area (Å²) in [6, 6.07) is 19.4. The largest absolute Gasteiger partial charge is 0.530 e. The van der Waals surface area contributed by atoms with E-state index in [0.29, 0.717) is 22.7 Å². The molecule has 0 spiro atoms. The van der Waals surface area contributed by atoms with E-state index in [9.17, 15) is 14.8 Å². The lowest BCUT2D eigenvalue weighted by Crippen LogP contribution is -2.34. The third-order valence-electron chi connectivity index (χ3n) is 7.28. The highest BCUT2D eigenvalue weighted by Gasteiger charge is 2.46. The van der Waals surface area contributed by atoms with E-state index in [4.69, 9.17) is 18.3 Å². The summed E-state index contributed by atoms with van der Waals surface area (Å²) in [5.74, 6) is 0.920. The number of imidazole rings is 1. The fraction of sp³-hybridized carbons (Fsp3) is 0.250. The Bertz CT molecular complexity index is 1810. The van der Waals surface area contributed by atoms with Crippen LogP contribution in [0.3, 0.4) is 0 Å². The number of phosphoric acid groups is 1. The third kappa shape index (κ3) is 4.64. The lowest BCUT2D eigenvalue weighted by Gasteiger charge is -2.27. The number of nitrogens with zero attached hydrogens (tertiary/aromatic N) is 4. The standard InChI is InChI=1S/C28H26N5O7P/c1-16-6-4-9-18-12-37-41(36,40-25(16)18)38-13-21-23(34)24(35)28(39-21)33-15-31-22-26(29-14-30-27(22)33)32-20-11-5-8-17-7-2-3-10-19(17)20/h2-11,14-15,21,23-24,28,34-35H,12-13H2,1H3,(H,29,30,32)/t21-,23-,24-,28-,41?/m0/s1. The molecule has 0 radical (unpaired) electrons. The Kier molecular flexibility index (Phi) is 6.46. The Hall–Kier alpha value is -3.90. The highest BCUT2D eigenvalue weighted by molar-refractivity contribution is 7.49. The number of phosphoric ester groups is 1. The molecule has 4 heterocycles. The number of aliphatic hydroxyl groups is 2. The number of hydrogen-bond donors (Lipinski definition) is 3. The second-order valence-corrected chi connectivity index (χ2v) is 11.5. The predicted octanol–water partition coefficient (Wildman–Crippen LogP) is 4.38. The van der Waals surface area contributed by atoms with Gasteiger partial charge in [0.1, 0.15) is 30.4 Å². The number of aryl methyl sites for hydroxylation is 1. The molecule has 3 N–H and O–H groups in total. The van der Waals surface area contributed by atoms with Crippen LogP contribution < -0.4 is 9.84 Å². The predicted molar refractivity (Wildman–Crippen MR) is 149 cm³/mol. The second kappa shape index (κ2) is 10.2. The SMILES string of the molecule is Cc1cccc2c1OP(=O)(OC[C@@H]1O[C@H](n3cnc4c(Nc5cccc6ccccc56)ncnc43)[C@@H](O)[C@H]1O)OC2. The molecule has 2 aromatic heterocycles. The summed E-state index contributed by atoms with van der Waals surface area (Å²) >= 11 is 0. The Morgan fingerprint density at radius 1 is 1.05 bits per heavy atom. The van der Waals surface area contributed by atoms with Crippen molar-refractivity contribution >= 4 is 41.3 Å². The Labute approximate surface area is 234 Å². The van der Waals surface area contributed by atoms with E-state index in [1.807, 2.05) is 67.6 Å². The van der Waals surface area contributed by atoms with E-state index in [-0.39, 0.29) is 13.2 Å². The molecule has 0 saturated carbocycles. The molecular weight excluding hydrogens is 549 g/mol. The number of benzene rings is 3. The van der Waals surface area contributed by atoms with E-state index in [2.05, 4.69) is 20.3 Å². The summed E-state index contributed by atoms with van der Waals surface area (Å²) in [5.41, 5.74) is 3.25. The van der Waals surface area contributed by atoms with Gasteiger partial charge < -0.3 is 24.8 Å². The Balaban J connectivity index is 1.10. The number of rotatable bonds is 6. The molecule has 2 aliphatic heterocycles. The average molecular weight is 576 g/mol. The maximum Gasteiger partial charge on any atom is 0.530 e. The zero-order valence-corrected chi connectivity index (χ0v) is 22.7. The van der Waals surface area contributed by atoms with Crippen molar-refractivity contribution in [3.63, 3.8) is 0 Å². The van der Waals surface area contributed by atoms with Gasteiger partial charge in [0.25, 0.3) is 0 Å². The van der Waals surface area contributed by atoms with Crippen LogP contribution in [0, 0.1) is 6.92 Å². The smallest absolute Gasteiger partial charge is 0.403 e. The highest BCUT2D eigenvalue weighted by Crippen LogP contribution is 2.55. The average Bonchev–Trinajstić information content (AvgIpc) is 3.54. The van der Waals surface area contributed by atoms with Crippen molar-refractivity contribution in [1.29, 1.82) is 0 Å². The topological polar surface area (TPSA) is 150 Å². The van der Waals surface area contributed by atoms with Gasteiger partial charge in [-0.3, -0.25) is 13.6 Å². The van der Waals surface area contributed by atoms with Crippen LogP contribution in [0.25, 0.3) is 21.9 Å². The molecule has 5 aromatic rings. The molecule has 41 heavy (non-hydrogen) atoms. The van der Waals surface area contributed by atoms with E-state index >= 15 is 0 Å². The van der Waals surface area contributed by atoms with Crippen molar-refractivity contribution in [3.8, 4) is 5.75 Å². The van der Waals surface area contributed by atoms with Crippen LogP contribution in [-0.2, 0) is 25.0 Å². The number of fused-ring (bicyclic) bond motifs is 3. The third-order valence-corrected chi connectivity index (χ3v) is 8.60. The van der Waals surface area contributed by atoms with Gasteiger partial charge >= 0.3 is 7.82 Å². The van der Waals surface area contributed by atoms with Crippen LogP contribution in [0.2, 0.25) is 0 Å². The van der Waals surface area contributed by atoms with Crippen LogP contribution in [0.4, 0.5) is 11.5 Å². The van der Waals surface area contributed by atoms with Crippen molar-refractivity contribution in [1.82, 2.24) is 19.5 Å². The molecule has 0 amide bonds. The van der Waals surface area contributed by atoms with E-state index < -0.39 is 32.4 Å². The summed E-state index contributed by atoms with van der Waals surface area (Å²) < 4.78 is 37.1. The highest BCUT2D eigenvalue weighted by atomic mass is 31.2. The first-order chi connectivity index (χ1) is 19.9. The van der Waals surface area contributed by atoms with Crippen LogP contribution in [-0.4, -0.2) is 54.7 Å². The maximum atomic E-state index is 13.1. The van der Waals surface area contributed by atoms with Gasteiger partial charge in [0.2, 0.25) is 0 Å². The number of anilines is 2. The molecule has 5 atom stereocenters. The molecule has 210 valence electrons. The Morgan fingerprint density at radius 3 is 2.78 bits per heavy atom. The van der Waals surface area contributed by atoms with E-state index in [1.54, 1.807) is 0 Å². The van der Waals surface area contributed by atoms with Crippen molar-refractivity contribution in [2.75, 3.05) is 11.9 Å². The van der Waals surface area contributed by atoms with Crippen molar-refractivity contribution in [2.45, 2.75) is 38.1 Å². The number of nitrogens with one attached hydrogen (secondary N) is 1. The molecular formula is C28H26N5O7P. The zero-order valence-electron chi connectivity index (χ0n) is 21.8. The fourth-order valence-electron chi connectivity index (χ4n) is 5.16. The van der Waals surface area contributed by atoms with Gasteiger partial charge in [-0.15, -0.1) is 0 Å². The molecule has 0 aliphatic carbocycles. The molecule has 3 aromatic carbocycles. The Morgan fingerprint density at radius 2 is 1.88 bits per heavy atom. The summed E-state index contributed by atoms with van der Waals surface area (Å²) in [6.45, 7) is 1.55. The van der Waals surface area contributed by atoms with Crippen molar-refractivity contribution in [2.24, 2.45) is 0 Å². The van der Waals surface area contributed by atoms with Crippen LogP contribution in [0.1, 0.15) is 17.4 Å². The molecule has 1 fully saturated rings. The molecule has 2 aliphatic rings. The van der Waals surface area contributed by atoms with Gasteiger partial charge in [0, 0.05) is 16.6 Å². The van der Waals surface area contributed by atoms with Gasteiger partial charge in [-0.1, -0.05) is 54.6 Å². The van der Waals surface area contributed by atoms with Crippen LogP contribution in [0.5, 0.6) is 5.75 Å². The van der Waals surface area contributed by atoms with Gasteiger partial charge in [-0.2, -0.15) is 0 Å². The maximum absolute atomic E-state index is 13.1. The number of ether oxygens (including phenoxy) is 1. The van der Waals surface area contributed by atoms with Gasteiger partial charge in [-0.05, 0) is 23.9 Å². The zero-order chi connectivity index (χ0) is 28.1. The van der Waals surface area contributed by atoms with Crippen LogP contribution >= 0.6 is 7.82 Å². The van der Waals surface area contributed by atoms with E-state index in [1.165, 1.54) is 17.2 Å². The molecule has 13 heteroatoms. The lowest BCUT2D eigenvalue weighted by atomic mass is 10.1. The minimum absolute atomic E-state index is 0.0590. The molecule has 12 nitrogen and oxygen atoms in total. The molecule has 0 bridgehead atoms. The summed E-state index contributed by atoms with van der Waals surface area (Å²) in [7, 11) is -3.97. The van der Waals surface area contributed by atoms with Gasteiger partial charge in [0.15, 0.2) is 23.2 Å². The monoisotopic (exact) mass is 575 g/mol. The van der Waals surface area contributed by atoms with Crippen molar-refractivity contribution in [3.05, 3.63) is 84.4 Å². The number of aliphatic hydroxyl groups excluding tert-OH is 2. The fourth-order valence-corrected chi connectivity index (χ4v) is 6.45. The first kappa shape index (κ1) is 26.0.